The molecule has 0 unspecified atom stereocenters. The van der Waals surface area contributed by atoms with Gasteiger partial charge >= 0.3 is 0 Å². The summed E-state index contributed by atoms with van der Waals surface area (Å²) in [5.41, 5.74) is 2.14. The van der Waals surface area contributed by atoms with E-state index >= 15 is 0 Å². The summed E-state index contributed by atoms with van der Waals surface area (Å²) in [5.74, 6) is -0.366. The summed E-state index contributed by atoms with van der Waals surface area (Å²) >= 11 is 0. The van der Waals surface area contributed by atoms with E-state index in [1.165, 1.54) is 44.3 Å². The van der Waals surface area contributed by atoms with Gasteiger partial charge in [0.05, 0.1) is 20.3 Å². The number of nitrogens with zero attached hydrogens (tertiary/aromatic N) is 5. The van der Waals surface area contributed by atoms with E-state index in [-0.39, 0.29) is 25.1 Å². The lowest BCUT2D eigenvalue weighted by atomic mass is 9.98. The summed E-state index contributed by atoms with van der Waals surface area (Å²) in [4.78, 5) is 73.8. The molecule has 0 aliphatic carbocycles. The Morgan fingerprint density at radius 1 is 0.702 bits per heavy atom. The Hall–Kier alpha value is -6.45. The number of nitrogens with one attached hydrogen (secondary N) is 3. The summed E-state index contributed by atoms with van der Waals surface area (Å²) in [5, 5.41) is 16.9. The third kappa shape index (κ3) is 8.84. The molecule has 6 atom stereocenters. The first-order chi connectivity index (χ1) is 27.3. The minimum absolute atomic E-state index is 0.0340. The van der Waals surface area contributed by atoms with Crippen molar-refractivity contribution in [2.24, 2.45) is 0 Å². The van der Waals surface area contributed by atoms with Crippen LogP contribution < -0.4 is 30.2 Å². The molecule has 6 bridgehead atoms. The molecule has 300 valence electrons. The van der Waals surface area contributed by atoms with Gasteiger partial charge in [-0.15, -0.1) is 10.2 Å². The van der Waals surface area contributed by atoms with Crippen LogP contribution in [0.1, 0.15) is 55.4 Å². The zero-order valence-corrected chi connectivity index (χ0v) is 33.0. The molecule has 4 aromatic rings. The number of carbonyl (C=O) groups excluding carboxylic acids is 5. The number of hydrogen-bond donors (Lipinski definition) is 3. The summed E-state index contributed by atoms with van der Waals surface area (Å²) < 4.78 is 18.6. The molecular weight excluding hydrogens is 732 g/mol. The highest BCUT2D eigenvalue weighted by Crippen LogP contribution is 2.34. The first-order valence-corrected chi connectivity index (χ1v) is 18.7. The first-order valence-electron chi connectivity index (χ1n) is 18.7. The van der Waals surface area contributed by atoms with Gasteiger partial charge < -0.3 is 44.5 Å². The molecule has 0 spiro atoms. The van der Waals surface area contributed by atoms with Crippen LogP contribution in [0.5, 0.6) is 23.0 Å². The maximum absolute atomic E-state index is 14.7. The predicted octanol–water partition coefficient (Wildman–Crippen LogP) is 2.52. The van der Waals surface area contributed by atoms with Crippen LogP contribution in [0.25, 0.3) is 0 Å². The molecule has 0 saturated heterocycles. The van der Waals surface area contributed by atoms with Crippen LogP contribution in [0.2, 0.25) is 0 Å². The van der Waals surface area contributed by atoms with E-state index in [0.29, 0.717) is 34.1 Å². The average molecular weight is 781 g/mol. The van der Waals surface area contributed by atoms with Crippen molar-refractivity contribution >= 4 is 29.5 Å². The SMILES string of the molecule is COc1ccc(C[C@H]2C(=O)N[C@@H](C)C(=O)N(C)[C@H]3Cc4ccc(cc4)Oc4cc(ccc4OC)C[C@@H](C(=O)N[C@H](C)C(=O)N[C@@H](C)c4nncn42)N(C)C3=O)cc1. The molecule has 4 heterocycles. The van der Waals surface area contributed by atoms with E-state index in [0.717, 1.165) is 5.56 Å². The van der Waals surface area contributed by atoms with Gasteiger partial charge in [0, 0.05) is 33.4 Å². The fourth-order valence-electron chi connectivity index (χ4n) is 7.09. The van der Waals surface area contributed by atoms with Crippen molar-refractivity contribution in [1.82, 2.24) is 40.5 Å². The highest BCUT2D eigenvalue weighted by atomic mass is 16.5. The van der Waals surface area contributed by atoms with Crippen LogP contribution in [-0.2, 0) is 43.2 Å². The summed E-state index contributed by atoms with van der Waals surface area (Å²) in [6, 6.07) is 13.5. The maximum atomic E-state index is 14.7. The van der Waals surface area contributed by atoms with E-state index in [4.69, 9.17) is 14.2 Å². The van der Waals surface area contributed by atoms with Gasteiger partial charge in [0.25, 0.3) is 0 Å². The Balaban J connectivity index is 1.43. The number of rotatable bonds is 4. The molecule has 3 aliphatic heterocycles. The number of carbonyl (C=O) groups is 5. The molecule has 1 aromatic heterocycles. The fraction of sp³-hybridized carbons (Fsp3) is 0.390. The zero-order valence-electron chi connectivity index (χ0n) is 33.0. The number of ether oxygens (including phenoxy) is 3. The number of aromatic nitrogens is 3. The highest BCUT2D eigenvalue weighted by Gasteiger charge is 2.38. The van der Waals surface area contributed by atoms with Crippen LogP contribution in [0.3, 0.4) is 0 Å². The van der Waals surface area contributed by atoms with Crippen molar-refractivity contribution in [3.63, 3.8) is 0 Å². The first kappa shape index (κ1) is 40.2. The Kier molecular flexibility index (Phi) is 12.1. The second-order valence-electron chi connectivity index (χ2n) is 14.4. The monoisotopic (exact) mass is 780 g/mol. The van der Waals surface area contributed by atoms with Crippen LogP contribution in [0.15, 0.2) is 73.1 Å². The summed E-state index contributed by atoms with van der Waals surface area (Å²) in [6.45, 7) is 4.78. The van der Waals surface area contributed by atoms with Gasteiger partial charge in [0.2, 0.25) is 29.5 Å². The predicted molar refractivity (Wildman–Crippen MR) is 208 cm³/mol. The van der Waals surface area contributed by atoms with E-state index in [9.17, 15) is 24.0 Å². The van der Waals surface area contributed by atoms with Gasteiger partial charge in [-0.2, -0.15) is 0 Å². The fourth-order valence-corrected chi connectivity index (χ4v) is 7.09. The summed E-state index contributed by atoms with van der Waals surface area (Å²) in [7, 11) is 6.09. The van der Waals surface area contributed by atoms with E-state index in [2.05, 4.69) is 26.1 Å². The van der Waals surface area contributed by atoms with Gasteiger partial charge in [-0.25, -0.2) is 0 Å². The lowest BCUT2D eigenvalue weighted by molar-refractivity contribution is -0.148. The Morgan fingerprint density at radius 2 is 1.33 bits per heavy atom. The van der Waals surface area contributed by atoms with Crippen LogP contribution in [0.4, 0.5) is 0 Å². The zero-order chi connectivity index (χ0) is 41.0. The third-order valence-corrected chi connectivity index (χ3v) is 10.5. The molecule has 3 N–H and O–H groups in total. The van der Waals surface area contributed by atoms with Gasteiger partial charge in [-0.05, 0) is 73.9 Å². The third-order valence-electron chi connectivity index (χ3n) is 10.5. The van der Waals surface area contributed by atoms with Crippen molar-refractivity contribution in [1.29, 1.82) is 0 Å². The van der Waals surface area contributed by atoms with Crippen molar-refractivity contribution in [3.05, 3.63) is 95.6 Å². The van der Waals surface area contributed by atoms with Gasteiger partial charge in [-0.1, -0.05) is 30.3 Å². The molecule has 7 rings (SSSR count). The lowest BCUT2D eigenvalue weighted by Crippen LogP contribution is -2.59. The maximum Gasteiger partial charge on any atom is 0.246 e. The standard InChI is InChI=1S/C41H48N8O8/c1-23-36-46-42-22-49(36)32(18-26-8-13-29(55-6)14-9-26)39(52)45-25(3)40(53)48(5)33-19-27-10-15-30(16-11-27)57-35-21-28(12-17-34(35)56-7)20-31(47(4)41(33)54)38(51)44-24(2)37(50)43-23/h8-17,21-25,31-33H,18-20H2,1-7H3,(H,43,50)(H,44,51)(H,45,52)/t23-,24+,25-,31-,32-,33-/m0/s1. The van der Waals surface area contributed by atoms with E-state index in [1.807, 2.05) is 12.1 Å². The van der Waals surface area contributed by atoms with Crippen LogP contribution >= 0.6 is 0 Å². The van der Waals surface area contributed by atoms with Gasteiger partial charge in [-0.3, -0.25) is 24.0 Å². The second-order valence-corrected chi connectivity index (χ2v) is 14.4. The van der Waals surface area contributed by atoms with Crippen LogP contribution in [0, 0.1) is 0 Å². The summed E-state index contributed by atoms with van der Waals surface area (Å²) in [6.07, 6.45) is 1.69. The molecule has 0 saturated carbocycles. The minimum atomic E-state index is -1.13. The average Bonchev–Trinajstić information content (AvgIpc) is 3.70. The Labute approximate surface area is 330 Å². The number of likely N-dealkylation sites (N-methyl/N-ethyl adjacent to an activating group) is 2. The smallest absolute Gasteiger partial charge is 0.246 e. The number of benzene rings is 3. The Bertz CT molecular complexity index is 2120. The largest absolute Gasteiger partial charge is 0.497 e. The number of fused-ring (bicyclic) bond motifs is 3. The molecule has 3 aliphatic rings. The van der Waals surface area contributed by atoms with E-state index in [1.54, 1.807) is 80.1 Å². The topological polar surface area (TPSA) is 186 Å². The quantitative estimate of drug-likeness (QED) is 0.278. The van der Waals surface area contributed by atoms with Crippen molar-refractivity contribution in [3.8, 4) is 23.0 Å². The molecule has 0 fully saturated rings. The second kappa shape index (κ2) is 17.1. The minimum Gasteiger partial charge on any atom is -0.497 e. The molecule has 16 heteroatoms. The molecule has 0 radical (unpaired) electrons. The van der Waals surface area contributed by atoms with Crippen LogP contribution in [-0.4, -0.2) is 107 Å². The number of hydrogen-bond acceptors (Lipinski definition) is 10. The van der Waals surface area contributed by atoms with Crippen molar-refractivity contribution < 1.29 is 38.2 Å². The molecule has 3 aromatic carbocycles. The molecular formula is C41H48N8O8. The van der Waals surface area contributed by atoms with Gasteiger partial charge in [0.1, 0.15) is 48.0 Å². The lowest BCUT2D eigenvalue weighted by Gasteiger charge is -2.36. The molecule has 16 nitrogen and oxygen atoms in total. The number of methoxy groups -OCH3 is 2. The number of amides is 5. The molecule has 5 amide bonds. The van der Waals surface area contributed by atoms with Gasteiger partial charge in [0.15, 0.2) is 17.3 Å². The van der Waals surface area contributed by atoms with Crippen molar-refractivity contribution in [2.45, 2.75) is 76.3 Å². The highest BCUT2D eigenvalue weighted by molar-refractivity contribution is 5.96. The van der Waals surface area contributed by atoms with E-state index < -0.39 is 65.8 Å². The molecule has 57 heavy (non-hydrogen) atoms. The Morgan fingerprint density at radius 3 is 2.02 bits per heavy atom. The normalized spacial score (nSPS) is 23.6. The van der Waals surface area contributed by atoms with Crippen molar-refractivity contribution in [2.75, 3.05) is 28.3 Å².